The van der Waals surface area contributed by atoms with Crippen LogP contribution in [0.3, 0.4) is 0 Å². The molecule has 0 aliphatic carbocycles. The van der Waals surface area contributed by atoms with Gasteiger partial charge in [0.05, 0.1) is 4.90 Å². The van der Waals surface area contributed by atoms with Crippen molar-refractivity contribution in [2.24, 2.45) is 0 Å². The maximum Gasteiger partial charge on any atom is 0.241 e. The Morgan fingerprint density at radius 3 is 2.30 bits per heavy atom. The van der Waals surface area contributed by atoms with Gasteiger partial charge in [-0.1, -0.05) is 42.5 Å². The van der Waals surface area contributed by atoms with Gasteiger partial charge in [-0.3, -0.25) is 0 Å². The Hall–Kier alpha value is -1.21. The third-order valence-corrected chi connectivity index (χ3v) is 6.13. The van der Waals surface area contributed by atoms with Crippen molar-refractivity contribution in [3.05, 3.63) is 64.6 Å². The molecule has 0 saturated carbocycles. The lowest BCUT2D eigenvalue weighted by atomic mass is 9.93. The van der Waals surface area contributed by atoms with Crippen LogP contribution in [-0.2, 0) is 10.0 Å². The van der Waals surface area contributed by atoms with E-state index in [1.807, 2.05) is 30.3 Å². The van der Waals surface area contributed by atoms with Crippen molar-refractivity contribution >= 4 is 26.0 Å². The molecule has 1 atom stereocenters. The number of aliphatic hydroxyl groups is 1. The Labute approximate surface area is 145 Å². The molecule has 0 aromatic heterocycles. The van der Waals surface area contributed by atoms with Gasteiger partial charge in [0.25, 0.3) is 0 Å². The maximum absolute atomic E-state index is 12.3. The van der Waals surface area contributed by atoms with Crippen molar-refractivity contribution in [3.8, 4) is 0 Å². The summed E-state index contributed by atoms with van der Waals surface area (Å²) in [5.74, 6) is 0.128. The van der Waals surface area contributed by atoms with E-state index in [1.54, 1.807) is 24.3 Å². The van der Waals surface area contributed by atoms with Gasteiger partial charge in [0.2, 0.25) is 10.0 Å². The number of benzene rings is 2. The summed E-state index contributed by atoms with van der Waals surface area (Å²) >= 11 is 3.26. The molecule has 2 rings (SSSR count). The number of aliphatic hydroxyl groups excluding tert-OH is 1. The fourth-order valence-electron chi connectivity index (χ4n) is 2.47. The number of rotatable bonds is 8. The second-order valence-corrected chi connectivity index (χ2v) is 7.83. The zero-order valence-electron chi connectivity index (χ0n) is 12.7. The molecule has 0 fully saturated rings. The van der Waals surface area contributed by atoms with Gasteiger partial charge in [-0.15, -0.1) is 0 Å². The van der Waals surface area contributed by atoms with Crippen molar-refractivity contribution in [1.82, 2.24) is 4.72 Å². The zero-order valence-corrected chi connectivity index (χ0v) is 15.1. The van der Waals surface area contributed by atoms with Crippen molar-refractivity contribution < 1.29 is 13.5 Å². The molecule has 23 heavy (non-hydrogen) atoms. The van der Waals surface area contributed by atoms with Crippen LogP contribution < -0.4 is 4.72 Å². The lowest BCUT2D eigenvalue weighted by Crippen LogP contribution is -2.26. The van der Waals surface area contributed by atoms with Gasteiger partial charge in [-0.05, 0) is 52.4 Å². The van der Waals surface area contributed by atoms with Crippen LogP contribution in [0.1, 0.15) is 24.3 Å². The summed E-state index contributed by atoms with van der Waals surface area (Å²) in [4.78, 5) is 0.235. The number of hydrogen-bond acceptors (Lipinski definition) is 3. The monoisotopic (exact) mass is 397 g/mol. The van der Waals surface area contributed by atoms with E-state index in [-0.39, 0.29) is 17.4 Å². The van der Waals surface area contributed by atoms with Crippen LogP contribution in [0, 0.1) is 0 Å². The van der Waals surface area contributed by atoms with Gasteiger partial charge in [0.15, 0.2) is 0 Å². The molecule has 0 heterocycles. The highest BCUT2D eigenvalue weighted by atomic mass is 79.9. The molecule has 2 N–H and O–H groups in total. The van der Waals surface area contributed by atoms with Gasteiger partial charge < -0.3 is 5.11 Å². The first kappa shape index (κ1) is 18.1. The summed E-state index contributed by atoms with van der Waals surface area (Å²) in [5.41, 5.74) is 1.11. The quantitative estimate of drug-likeness (QED) is 0.717. The van der Waals surface area contributed by atoms with Crippen LogP contribution in [0.5, 0.6) is 0 Å². The minimum Gasteiger partial charge on any atom is -0.396 e. The minimum atomic E-state index is -3.54. The van der Waals surface area contributed by atoms with E-state index in [2.05, 4.69) is 20.7 Å². The second-order valence-electron chi connectivity index (χ2n) is 5.24. The van der Waals surface area contributed by atoms with Crippen molar-refractivity contribution in [2.45, 2.75) is 23.7 Å². The molecule has 124 valence electrons. The van der Waals surface area contributed by atoms with E-state index in [1.165, 1.54) is 0 Å². The minimum absolute atomic E-state index is 0.0799. The third-order valence-electron chi connectivity index (χ3n) is 3.66. The predicted molar refractivity (Wildman–Crippen MR) is 94.8 cm³/mol. The average molecular weight is 398 g/mol. The van der Waals surface area contributed by atoms with Crippen molar-refractivity contribution in [2.75, 3.05) is 13.2 Å². The Morgan fingerprint density at radius 2 is 1.65 bits per heavy atom. The third kappa shape index (κ3) is 5.14. The first-order valence-electron chi connectivity index (χ1n) is 7.44. The zero-order chi connectivity index (χ0) is 16.7. The maximum atomic E-state index is 12.3. The molecule has 2 aromatic carbocycles. The highest BCUT2D eigenvalue weighted by Crippen LogP contribution is 2.24. The predicted octanol–water partition coefficient (Wildman–Crippen LogP) is 3.28. The molecule has 0 amide bonds. The van der Waals surface area contributed by atoms with E-state index in [0.717, 1.165) is 5.56 Å². The fourth-order valence-corrected chi connectivity index (χ4v) is 4.52. The second kappa shape index (κ2) is 8.59. The van der Waals surface area contributed by atoms with Crippen LogP contribution in [0.4, 0.5) is 0 Å². The Bertz CT molecular complexity index is 720. The molecular formula is C17H20BrNO3S. The number of sulfonamides is 1. The summed E-state index contributed by atoms with van der Waals surface area (Å²) in [6, 6.07) is 16.6. The summed E-state index contributed by atoms with van der Waals surface area (Å²) in [6.45, 7) is 0.403. The van der Waals surface area contributed by atoms with E-state index in [4.69, 9.17) is 0 Å². The largest absolute Gasteiger partial charge is 0.396 e. The van der Waals surface area contributed by atoms with Gasteiger partial charge in [0.1, 0.15) is 0 Å². The summed E-state index contributed by atoms with van der Waals surface area (Å²) < 4.78 is 27.9. The molecular weight excluding hydrogens is 378 g/mol. The standard InChI is InChI=1S/C17H20BrNO3S/c18-16-8-4-5-9-17(16)23(21,22)19-12-10-15(11-13-20)14-6-2-1-3-7-14/h1-9,15,19-20H,10-13H2/t15-/m0/s1. The smallest absolute Gasteiger partial charge is 0.241 e. The molecule has 0 radical (unpaired) electrons. The summed E-state index contributed by atoms with van der Waals surface area (Å²) in [7, 11) is -3.54. The molecule has 4 nitrogen and oxygen atoms in total. The van der Waals surface area contributed by atoms with E-state index in [9.17, 15) is 13.5 Å². The fraction of sp³-hybridized carbons (Fsp3) is 0.294. The summed E-state index contributed by atoms with van der Waals surface area (Å²) in [6.07, 6.45) is 1.25. The van der Waals surface area contributed by atoms with Gasteiger partial charge in [-0.2, -0.15) is 0 Å². The van der Waals surface area contributed by atoms with Crippen molar-refractivity contribution in [3.63, 3.8) is 0 Å². The van der Waals surface area contributed by atoms with E-state index in [0.29, 0.717) is 23.9 Å². The van der Waals surface area contributed by atoms with Crippen LogP contribution in [0.25, 0.3) is 0 Å². The Kier molecular flexibility index (Phi) is 6.77. The number of nitrogens with one attached hydrogen (secondary N) is 1. The van der Waals surface area contributed by atoms with Crippen LogP contribution in [0.15, 0.2) is 64.0 Å². The SMILES string of the molecule is O=S(=O)(NCC[C@@H](CCO)c1ccccc1)c1ccccc1Br. The lowest BCUT2D eigenvalue weighted by Gasteiger charge is -2.17. The van der Waals surface area contributed by atoms with Gasteiger partial charge in [-0.25, -0.2) is 13.1 Å². The van der Waals surface area contributed by atoms with Gasteiger partial charge >= 0.3 is 0 Å². The average Bonchev–Trinajstić information content (AvgIpc) is 2.55. The normalized spacial score (nSPS) is 13.0. The Morgan fingerprint density at radius 1 is 1.00 bits per heavy atom. The molecule has 6 heteroatoms. The molecule has 0 bridgehead atoms. The first-order chi connectivity index (χ1) is 11.0. The van der Waals surface area contributed by atoms with Gasteiger partial charge in [0, 0.05) is 17.6 Å². The highest BCUT2D eigenvalue weighted by Gasteiger charge is 2.18. The van der Waals surface area contributed by atoms with Crippen LogP contribution in [-0.4, -0.2) is 26.7 Å². The number of hydrogen-bond donors (Lipinski definition) is 2. The molecule has 0 aliphatic rings. The number of halogens is 1. The topological polar surface area (TPSA) is 66.4 Å². The molecule has 0 unspecified atom stereocenters. The highest BCUT2D eigenvalue weighted by molar-refractivity contribution is 9.10. The first-order valence-corrected chi connectivity index (χ1v) is 9.72. The van der Waals surface area contributed by atoms with E-state index >= 15 is 0 Å². The van der Waals surface area contributed by atoms with Crippen molar-refractivity contribution in [1.29, 1.82) is 0 Å². The molecule has 0 spiro atoms. The molecule has 0 saturated heterocycles. The Balaban J connectivity index is 2.01. The lowest BCUT2D eigenvalue weighted by molar-refractivity contribution is 0.273. The molecule has 2 aromatic rings. The summed E-state index contributed by atoms with van der Waals surface area (Å²) in [5, 5.41) is 9.23. The van der Waals surface area contributed by atoms with E-state index < -0.39 is 10.0 Å². The van der Waals surface area contributed by atoms with Crippen LogP contribution in [0.2, 0.25) is 0 Å². The van der Waals surface area contributed by atoms with Crippen LogP contribution >= 0.6 is 15.9 Å². The molecule has 0 aliphatic heterocycles.